The summed E-state index contributed by atoms with van der Waals surface area (Å²) in [6, 6.07) is 3.86. The topological polar surface area (TPSA) is 90.7 Å². The minimum Gasteiger partial charge on any atom is -0.494 e. The van der Waals surface area contributed by atoms with Crippen molar-refractivity contribution < 1.29 is 23.5 Å². The van der Waals surface area contributed by atoms with Gasteiger partial charge in [-0.3, -0.25) is 4.79 Å². The molecule has 1 aromatic carbocycles. The van der Waals surface area contributed by atoms with Gasteiger partial charge in [-0.05, 0) is 30.5 Å². The van der Waals surface area contributed by atoms with Crippen LogP contribution >= 0.6 is 0 Å². The van der Waals surface area contributed by atoms with Crippen LogP contribution in [0.1, 0.15) is 31.2 Å². The first-order valence-electron chi connectivity index (χ1n) is 7.04. The maximum absolute atomic E-state index is 13.4. The highest BCUT2D eigenvalue weighted by molar-refractivity contribution is 5.71. The zero-order valence-corrected chi connectivity index (χ0v) is 12.6. The van der Waals surface area contributed by atoms with Gasteiger partial charge in [-0.2, -0.15) is 0 Å². The number of unbranched alkanes of at least 4 members (excludes halogenated alkanes) is 2. The highest BCUT2D eigenvalue weighted by Crippen LogP contribution is 2.18. The number of urea groups is 1. The molecule has 122 valence electrons. The van der Waals surface area contributed by atoms with E-state index in [4.69, 9.17) is 15.2 Å². The summed E-state index contributed by atoms with van der Waals surface area (Å²) in [5.74, 6) is -0.670. The number of esters is 1. The van der Waals surface area contributed by atoms with Crippen molar-refractivity contribution in [1.82, 2.24) is 5.32 Å². The summed E-state index contributed by atoms with van der Waals surface area (Å²) in [6.07, 6.45) is 2.48. The van der Waals surface area contributed by atoms with Crippen LogP contribution in [0.15, 0.2) is 18.2 Å². The summed E-state index contributed by atoms with van der Waals surface area (Å²) >= 11 is 0. The van der Waals surface area contributed by atoms with E-state index in [9.17, 15) is 14.0 Å². The van der Waals surface area contributed by atoms with Crippen molar-refractivity contribution in [3.8, 4) is 5.75 Å². The SMILES string of the molecule is COc1ccc(COC(=O)CCCCCNC(N)=O)cc1F. The predicted octanol–water partition coefficient (Wildman–Crippen LogP) is 2.11. The lowest BCUT2D eigenvalue weighted by Crippen LogP contribution is -2.29. The number of carbonyl (C=O) groups is 2. The summed E-state index contributed by atoms with van der Waals surface area (Å²) in [4.78, 5) is 22.0. The smallest absolute Gasteiger partial charge is 0.312 e. The number of nitrogens with two attached hydrogens (primary N) is 1. The first kappa shape index (κ1) is 17.7. The molecule has 0 aliphatic heterocycles. The normalized spacial score (nSPS) is 10.1. The van der Waals surface area contributed by atoms with Gasteiger partial charge in [0, 0.05) is 13.0 Å². The predicted molar refractivity (Wildman–Crippen MR) is 78.8 cm³/mol. The van der Waals surface area contributed by atoms with Crippen LogP contribution in [0.25, 0.3) is 0 Å². The number of methoxy groups -OCH3 is 1. The monoisotopic (exact) mass is 312 g/mol. The van der Waals surface area contributed by atoms with Crippen LogP contribution in [0.2, 0.25) is 0 Å². The fraction of sp³-hybridized carbons (Fsp3) is 0.467. The largest absolute Gasteiger partial charge is 0.494 e. The Morgan fingerprint density at radius 3 is 2.68 bits per heavy atom. The lowest BCUT2D eigenvalue weighted by atomic mass is 10.2. The molecule has 0 atom stereocenters. The molecule has 0 aliphatic rings. The van der Waals surface area contributed by atoms with Crippen LogP contribution in [0.4, 0.5) is 9.18 Å². The van der Waals surface area contributed by atoms with Crippen LogP contribution in [0.3, 0.4) is 0 Å². The van der Waals surface area contributed by atoms with Crippen molar-refractivity contribution in [2.75, 3.05) is 13.7 Å². The lowest BCUT2D eigenvalue weighted by Gasteiger charge is -2.07. The number of ether oxygens (including phenoxy) is 2. The lowest BCUT2D eigenvalue weighted by molar-refractivity contribution is -0.145. The molecule has 1 aromatic rings. The molecule has 0 heterocycles. The molecule has 6 nitrogen and oxygen atoms in total. The summed E-state index contributed by atoms with van der Waals surface area (Å²) in [5, 5.41) is 2.47. The number of hydrogen-bond acceptors (Lipinski definition) is 4. The van der Waals surface area contributed by atoms with E-state index in [2.05, 4.69) is 5.32 Å². The van der Waals surface area contributed by atoms with E-state index in [0.29, 0.717) is 18.5 Å². The molecule has 0 fully saturated rings. The summed E-state index contributed by atoms with van der Waals surface area (Å²) in [5.41, 5.74) is 5.49. The highest BCUT2D eigenvalue weighted by atomic mass is 19.1. The molecule has 0 saturated carbocycles. The molecule has 2 amide bonds. The van der Waals surface area contributed by atoms with Crippen LogP contribution in [0.5, 0.6) is 5.75 Å². The molecular formula is C15H21FN2O4. The maximum Gasteiger partial charge on any atom is 0.312 e. The van der Waals surface area contributed by atoms with Crippen LogP contribution in [0, 0.1) is 5.82 Å². The molecule has 0 unspecified atom stereocenters. The first-order valence-corrected chi connectivity index (χ1v) is 7.04. The van der Waals surface area contributed by atoms with Gasteiger partial charge in [-0.1, -0.05) is 12.5 Å². The summed E-state index contributed by atoms with van der Waals surface area (Å²) in [6.45, 7) is 0.526. The Morgan fingerprint density at radius 1 is 1.27 bits per heavy atom. The minimum atomic E-state index is -0.550. The molecule has 0 spiro atoms. The van der Waals surface area contributed by atoms with Gasteiger partial charge in [0.05, 0.1) is 7.11 Å². The maximum atomic E-state index is 13.4. The summed E-state index contributed by atoms with van der Waals surface area (Å²) in [7, 11) is 1.39. The number of halogens is 1. The van der Waals surface area contributed by atoms with Gasteiger partial charge < -0.3 is 20.5 Å². The highest BCUT2D eigenvalue weighted by Gasteiger charge is 2.06. The van der Waals surface area contributed by atoms with E-state index in [0.717, 1.165) is 12.8 Å². The van der Waals surface area contributed by atoms with Gasteiger partial charge in [0.2, 0.25) is 0 Å². The minimum absolute atomic E-state index is 0.0307. The Morgan fingerprint density at radius 2 is 2.05 bits per heavy atom. The number of nitrogens with one attached hydrogen (secondary N) is 1. The van der Waals surface area contributed by atoms with Crippen molar-refractivity contribution in [1.29, 1.82) is 0 Å². The Hall–Kier alpha value is -2.31. The van der Waals surface area contributed by atoms with Crippen LogP contribution in [-0.2, 0) is 16.1 Å². The van der Waals surface area contributed by atoms with E-state index in [1.165, 1.54) is 19.2 Å². The van der Waals surface area contributed by atoms with E-state index < -0.39 is 11.8 Å². The van der Waals surface area contributed by atoms with E-state index in [1.54, 1.807) is 6.07 Å². The molecule has 7 heteroatoms. The molecule has 0 bridgehead atoms. The Bertz CT molecular complexity index is 508. The molecule has 3 N–H and O–H groups in total. The Balaban J connectivity index is 2.18. The van der Waals surface area contributed by atoms with Crippen molar-refractivity contribution in [3.05, 3.63) is 29.6 Å². The third-order valence-corrected chi connectivity index (χ3v) is 2.97. The molecule has 0 radical (unpaired) electrons. The van der Waals surface area contributed by atoms with Crippen LogP contribution in [-0.4, -0.2) is 25.7 Å². The Kier molecular flexibility index (Phi) is 7.74. The van der Waals surface area contributed by atoms with Crippen molar-refractivity contribution in [2.24, 2.45) is 5.73 Å². The standard InChI is InChI=1S/C15H21FN2O4/c1-21-13-7-6-11(9-12(13)16)10-22-14(19)5-3-2-4-8-18-15(17)20/h6-7,9H,2-5,8,10H2,1H3,(H3,17,18,20). The van der Waals surface area contributed by atoms with Gasteiger partial charge in [0.25, 0.3) is 0 Å². The molecule has 1 rings (SSSR count). The zero-order chi connectivity index (χ0) is 16.4. The second-order valence-electron chi connectivity index (χ2n) is 4.73. The van der Waals surface area contributed by atoms with Gasteiger partial charge in [0.1, 0.15) is 6.61 Å². The number of carbonyl (C=O) groups excluding carboxylic acids is 2. The summed E-state index contributed by atoms with van der Waals surface area (Å²) < 4.78 is 23.3. The van der Waals surface area contributed by atoms with Crippen molar-refractivity contribution in [2.45, 2.75) is 32.3 Å². The first-order chi connectivity index (χ1) is 10.5. The number of primary amides is 1. The fourth-order valence-corrected chi connectivity index (χ4v) is 1.82. The van der Waals surface area contributed by atoms with E-state index in [1.807, 2.05) is 0 Å². The third kappa shape index (κ3) is 6.92. The average molecular weight is 312 g/mol. The van der Waals surface area contributed by atoms with Gasteiger partial charge in [-0.15, -0.1) is 0 Å². The van der Waals surface area contributed by atoms with Crippen LogP contribution < -0.4 is 15.8 Å². The van der Waals surface area contributed by atoms with E-state index >= 15 is 0 Å². The van der Waals surface area contributed by atoms with E-state index in [-0.39, 0.29) is 24.7 Å². The van der Waals surface area contributed by atoms with Crippen molar-refractivity contribution >= 4 is 12.0 Å². The van der Waals surface area contributed by atoms with Crippen molar-refractivity contribution in [3.63, 3.8) is 0 Å². The third-order valence-electron chi connectivity index (χ3n) is 2.97. The second kappa shape index (κ2) is 9.59. The Labute approximate surface area is 128 Å². The van der Waals surface area contributed by atoms with Gasteiger partial charge >= 0.3 is 12.0 Å². The number of benzene rings is 1. The van der Waals surface area contributed by atoms with Gasteiger partial charge in [0.15, 0.2) is 11.6 Å². The zero-order valence-electron chi connectivity index (χ0n) is 12.6. The molecule has 0 saturated heterocycles. The van der Waals surface area contributed by atoms with Gasteiger partial charge in [-0.25, -0.2) is 9.18 Å². The number of hydrogen-bond donors (Lipinski definition) is 2. The number of rotatable bonds is 9. The fourth-order valence-electron chi connectivity index (χ4n) is 1.82. The molecule has 0 aliphatic carbocycles. The number of amides is 2. The molecular weight excluding hydrogens is 291 g/mol. The second-order valence-corrected chi connectivity index (χ2v) is 4.73. The molecule has 0 aromatic heterocycles. The average Bonchev–Trinajstić information content (AvgIpc) is 2.48. The molecule has 22 heavy (non-hydrogen) atoms. The quantitative estimate of drug-likeness (QED) is 0.539.